The summed E-state index contributed by atoms with van der Waals surface area (Å²) in [6.07, 6.45) is 1.69. The number of ether oxygens (including phenoxy) is 1. The van der Waals surface area contributed by atoms with Gasteiger partial charge in [-0.3, -0.25) is 14.4 Å². The summed E-state index contributed by atoms with van der Waals surface area (Å²) in [4.78, 5) is 40.9. The van der Waals surface area contributed by atoms with E-state index in [1.807, 2.05) is 48.5 Å². The maximum Gasteiger partial charge on any atom is 0.257 e. The zero-order valence-electron chi connectivity index (χ0n) is 22.9. The Morgan fingerprint density at radius 1 is 0.850 bits per heavy atom. The normalized spacial score (nSPS) is 10.6. The number of carbonyl (C=O) groups excluding carboxylic acids is 3. The summed E-state index contributed by atoms with van der Waals surface area (Å²) >= 11 is 2.23. The van der Waals surface area contributed by atoms with Crippen LogP contribution in [0.4, 0.5) is 0 Å². The third-order valence-corrected chi connectivity index (χ3v) is 7.56. The van der Waals surface area contributed by atoms with Gasteiger partial charge in [-0.2, -0.15) is 0 Å². The first kappa shape index (κ1) is 30.9. The minimum Gasteiger partial charge on any atom is -0.508 e. The van der Waals surface area contributed by atoms with E-state index in [2.05, 4.69) is 27.9 Å². The number of amides is 3. The number of para-hydroxylation sites is 1. The molecule has 0 heterocycles. The largest absolute Gasteiger partial charge is 0.508 e. The smallest absolute Gasteiger partial charge is 0.257 e. The van der Waals surface area contributed by atoms with Crippen molar-refractivity contribution >= 4 is 40.3 Å². The van der Waals surface area contributed by atoms with E-state index < -0.39 is 0 Å². The lowest BCUT2D eigenvalue weighted by Crippen LogP contribution is -2.38. The molecule has 0 bridgehead atoms. The Labute approximate surface area is 249 Å². The van der Waals surface area contributed by atoms with Gasteiger partial charge in [0.2, 0.25) is 11.8 Å². The topological polar surface area (TPSA) is 99.2 Å². The molecule has 212 valence electrons. The van der Waals surface area contributed by atoms with E-state index >= 15 is 0 Å². The molecule has 0 aliphatic carbocycles. The molecule has 0 radical (unpaired) electrons. The second-order valence-electron chi connectivity index (χ2n) is 9.57. The summed E-state index contributed by atoms with van der Waals surface area (Å²) in [6, 6.07) is 22.1. The molecule has 0 aliphatic rings. The van der Waals surface area contributed by atoms with E-state index in [1.165, 1.54) is 0 Å². The molecule has 3 amide bonds. The minimum absolute atomic E-state index is 0.0134. The van der Waals surface area contributed by atoms with E-state index in [9.17, 15) is 19.5 Å². The number of hydrogen-bond donors (Lipinski definition) is 2. The first-order chi connectivity index (χ1) is 19.2. The number of nitrogens with zero attached hydrogens (tertiary/aromatic N) is 2. The van der Waals surface area contributed by atoms with Crippen molar-refractivity contribution in [3.05, 3.63) is 93.1 Å². The molecule has 0 atom stereocenters. The second kappa shape index (κ2) is 15.9. The van der Waals surface area contributed by atoms with E-state index in [-0.39, 0.29) is 36.5 Å². The molecule has 40 heavy (non-hydrogen) atoms. The summed E-state index contributed by atoms with van der Waals surface area (Å²) in [7, 11) is 3.50. The molecular weight excluding hydrogens is 621 g/mol. The summed E-state index contributed by atoms with van der Waals surface area (Å²) in [5.74, 6) is 0.510. The lowest BCUT2D eigenvalue weighted by molar-refractivity contribution is -0.133. The molecule has 2 N–H and O–H groups in total. The van der Waals surface area contributed by atoms with Crippen molar-refractivity contribution in [2.24, 2.45) is 0 Å². The lowest BCUT2D eigenvalue weighted by Gasteiger charge is -2.23. The van der Waals surface area contributed by atoms with Crippen molar-refractivity contribution in [1.29, 1.82) is 0 Å². The van der Waals surface area contributed by atoms with Crippen LogP contribution >= 0.6 is 22.6 Å². The van der Waals surface area contributed by atoms with Gasteiger partial charge < -0.3 is 25.0 Å². The summed E-state index contributed by atoms with van der Waals surface area (Å²) in [5.41, 5.74) is 2.78. The number of carbonyl (C=O) groups is 3. The van der Waals surface area contributed by atoms with Crippen molar-refractivity contribution in [3.63, 3.8) is 0 Å². The van der Waals surface area contributed by atoms with Gasteiger partial charge in [0, 0.05) is 43.7 Å². The van der Waals surface area contributed by atoms with Gasteiger partial charge in [-0.25, -0.2) is 0 Å². The monoisotopic (exact) mass is 657 g/mol. The highest BCUT2D eigenvalue weighted by Crippen LogP contribution is 2.20. The molecule has 0 fully saturated rings. The minimum atomic E-state index is -0.244. The average Bonchev–Trinajstić information content (AvgIpc) is 2.95. The molecule has 0 unspecified atom stereocenters. The number of benzene rings is 3. The third-order valence-electron chi connectivity index (χ3n) is 6.51. The zero-order valence-corrected chi connectivity index (χ0v) is 25.1. The van der Waals surface area contributed by atoms with Crippen LogP contribution in [0.2, 0.25) is 0 Å². The van der Waals surface area contributed by atoms with E-state index in [0.717, 1.165) is 20.3 Å². The van der Waals surface area contributed by atoms with Crippen molar-refractivity contribution < 1.29 is 24.2 Å². The van der Waals surface area contributed by atoms with Crippen LogP contribution in [0, 0.1) is 3.57 Å². The molecule has 3 aromatic rings. The van der Waals surface area contributed by atoms with Crippen LogP contribution < -0.4 is 10.1 Å². The summed E-state index contributed by atoms with van der Waals surface area (Å²) in [6.45, 7) is 1.19. The van der Waals surface area contributed by atoms with Gasteiger partial charge in [0.05, 0.1) is 6.42 Å². The van der Waals surface area contributed by atoms with Gasteiger partial charge in [0.1, 0.15) is 11.5 Å². The molecule has 9 heteroatoms. The average molecular weight is 658 g/mol. The third kappa shape index (κ3) is 10.2. The number of nitrogens with one attached hydrogen (secondary N) is 1. The van der Waals surface area contributed by atoms with Gasteiger partial charge in [0.15, 0.2) is 6.61 Å². The number of aryl methyl sites for hydroxylation is 1. The van der Waals surface area contributed by atoms with Gasteiger partial charge in [0.25, 0.3) is 5.91 Å². The predicted molar refractivity (Wildman–Crippen MR) is 163 cm³/mol. The Bertz CT molecular complexity index is 1300. The lowest BCUT2D eigenvalue weighted by atomic mass is 10.1. The van der Waals surface area contributed by atoms with Gasteiger partial charge in [-0.15, -0.1) is 0 Å². The van der Waals surface area contributed by atoms with Crippen LogP contribution in [0.5, 0.6) is 11.5 Å². The maximum absolute atomic E-state index is 12.8. The predicted octanol–water partition coefficient (Wildman–Crippen LogP) is 3.83. The Morgan fingerprint density at radius 2 is 1.52 bits per heavy atom. The fourth-order valence-electron chi connectivity index (χ4n) is 4.03. The number of phenolic OH excluding ortho intramolecular Hbond substituents is 1. The molecule has 0 saturated heterocycles. The Balaban J connectivity index is 1.39. The highest BCUT2D eigenvalue weighted by Gasteiger charge is 2.15. The first-order valence-corrected chi connectivity index (χ1v) is 14.3. The molecular formula is C31H36IN3O5. The second-order valence-corrected chi connectivity index (χ2v) is 10.7. The Hall–Kier alpha value is -3.60. The fraction of sp³-hybridized carbons (Fsp3) is 0.323. The van der Waals surface area contributed by atoms with Crippen molar-refractivity contribution in [2.75, 3.05) is 40.3 Å². The summed E-state index contributed by atoms with van der Waals surface area (Å²) in [5, 5.41) is 12.4. The first-order valence-electron chi connectivity index (χ1n) is 13.2. The maximum atomic E-state index is 12.8. The van der Waals surface area contributed by atoms with E-state index in [1.54, 1.807) is 48.2 Å². The molecule has 0 aliphatic heterocycles. The molecule has 0 spiro atoms. The SMILES string of the molecule is CN(CCN(C)C(=O)Cc1ccccc1I)C(=O)CCc1ccccc1OCC(=O)NCCc1cccc(O)c1. The number of rotatable bonds is 14. The van der Waals surface area contributed by atoms with Crippen LogP contribution in [0.15, 0.2) is 72.8 Å². The number of halogens is 1. The Kier molecular flexibility index (Phi) is 12.3. The van der Waals surface area contributed by atoms with Crippen LogP contribution in [-0.4, -0.2) is 73.0 Å². The molecule has 8 nitrogen and oxygen atoms in total. The quantitative estimate of drug-likeness (QED) is 0.257. The highest BCUT2D eigenvalue weighted by molar-refractivity contribution is 14.1. The van der Waals surface area contributed by atoms with Crippen molar-refractivity contribution in [2.45, 2.75) is 25.7 Å². The van der Waals surface area contributed by atoms with Crippen molar-refractivity contribution in [3.8, 4) is 11.5 Å². The molecule has 3 aromatic carbocycles. The van der Waals surface area contributed by atoms with Gasteiger partial charge in [-0.1, -0.05) is 48.5 Å². The standard InChI is InChI=1S/C31H36IN3O5/c1-34(18-19-35(2)31(39)21-25-10-3-5-12-27(25)32)30(38)15-14-24-9-4-6-13-28(24)40-22-29(37)33-17-16-23-8-7-11-26(36)20-23/h3-13,20,36H,14-19,21-22H2,1-2H3,(H,33,37). The molecule has 0 saturated carbocycles. The van der Waals surface area contributed by atoms with Crippen molar-refractivity contribution in [1.82, 2.24) is 15.1 Å². The van der Waals surface area contributed by atoms with Crippen LogP contribution in [0.1, 0.15) is 23.1 Å². The van der Waals surface area contributed by atoms with Gasteiger partial charge in [-0.05, 0) is 76.4 Å². The molecule has 3 rings (SSSR count). The summed E-state index contributed by atoms with van der Waals surface area (Å²) < 4.78 is 6.81. The van der Waals surface area contributed by atoms with Crippen LogP contribution in [0.25, 0.3) is 0 Å². The highest BCUT2D eigenvalue weighted by atomic mass is 127. The Morgan fingerprint density at radius 3 is 2.25 bits per heavy atom. The van der Waals surface area contributed by atoms with E-state index in [4.69, 9.17) is 4.74 Å². The van der Waals surface area contributed by atoms with Crippen LogP contribution in [0.3, 0.4) is 0 Å². The number of phenols is 1. The van der Waals surface area contributed by atoms with E-state index in [0.29, 0.717) is 44.6 Å². The fourth-order valence-corrected chi connectivity index (χ4v) is 4.60. The number of hydrogen-bond acceptors (Lipinski definition) is 5. The van der Waals surface area contributed by atoms with Gasteiger partial charge >= 0.3 is 0 Å². The van der Waals surface area contributed by atoms with Crippen LogP contribution in [-0.2, 0) is 33.6 Å². The number of likely N-dealkylation sites (N-methyl/N-ethyl adjacent to an activating group) is 2. The molecule has 0 aromatic heterocycles. The zero-order chi connectivity index (χ0) is 28.9. The number of aromatic hydroxyl groups is 1.